The van der Waals surface area contributed by atoms with Gasteiger partial charge in [0.1, 0.15) is 17.4 Å². The standard InChI is InChI=1S/C17H15N2O/c1-19(2)10-14(13-5-3-4-6-16(13)19)12-7-8-15-17(9-12)20-11-18-15/h3-11H,1-2H3/q+1. The first-order valence-corrected chi connectivity index (χ1v) is 6.65. The van der Waals surface area contributed by atoms with Crippen molar-refractivity contribution in [2.45, 2.75) is 0 Å². The summed E-state index contributed by atoms with van der Waals surface area (Å²) >= 11 is 0. The van der Waals surface area contributed by atoms with Crippen LogP contribution in [0.3, 0.4) is 0 Å². The molecule has 0 spiro atoms. The maximum absolute atomic E-state index is 5.41. The van der Waals surface area contributed by atoms with Gasteiger partial charge in [-0.15, -0.1) is 0 Å². The topological polar surface area (TPSA) is 26.0 Å². The molecule has 3 heteroatoms. The molecule has 20 heavy (non-hydrogen) atoms. The molecule has 0 saturated heterocycles. The molecule has 1 aliphatic rings. The molecule has 2 heterocycles. The molecule has 0 fully saturated rings. The fourth-order valence-corrected chi connectivity index (χ4v) is 2.92. The molecule has 0 aliphatic carbocycles. The van der Waals surface area contributed by atoms with Gasteiger partial charge in [-0.05, 0) is 23.8 Å². The second-order valence-electron chi connectivity index (χ2n) is 5.63. The predicted molar refractivity (Wildman–Crippen MR) is 81.2 cm³/mol. The van der Waals surface area contributed by atoms with Gasteiger partial charge in [0.05, 0.1) is 14.1 Å². The SMILES string of the molecule is C[N+]1(C)C=C(c2ccc3ncoc3c2)c2ccccc21. The normalized spacial score (nSPS) is 16.2. The zero-order valence-electron chi connectivity index (χ0n) is 11.5. The lowest BCUT2D eigenvalue weighted by molar-refractivity contribution is 0.550. The molecular weight excluding hydrogens is 248 g/mol. The first kappa shape index (κ1) is 11.4. The number of aromatic nitrogens is 1. The van der Waals surface area contributed by atoms with Crippen molar-refractivity contribution >= 4 is 22.4 Å². The van der Waals surface area contributed by atoms with E-state index in [4.69, 9.17) is 4.42 Å². The van der Waals surface area contributed by atoms with E-state index in [2.05, 4.69) is 61.7 Å². The molecule has 0 radical (unpaired) electrons. The molecule has 2 aromatic carbocycles. The Morgan fingerprint density at radius 2 is 1.90 bits per heavy atom. The number of hydrogen-bond donors (Lipinski definition) is 0. The highest BCUT2D eigenvalue weighted by atomic mass is 16.3. The summed E-state index contributed by atoms with van der Waals surface area (Å²) in [5.74, 6) is 0. The first-order valence-electron chi connectivity index (χ1n) is 6.65. The van der Waals surface area contributed by atoms with Gasteiger partial charge < -0.3 is 4.42 Å². The number of quaternary nitrogens is 1. The zero-order chi connectivity index (χ0) is 13.7. The van der Waals surface area contributed by atoms with Gasteiger partial charge in [0, 0.05) is 17.2 Å². The number of hydrogen-bond acceptors (Lipinski definition) is 2. The van der Waals surface area contributed by atoms with Crippen molar-refractivity contribution in [3.63, 3.8) is 0 Å². The molecule has 0 N–H and O–H groups in total. The highest BCUT2D eigenvalue weighted by Crippen LogP contribution is 2.41. The molecule has 0 saturated carbocycles. The van der Waals surface area contributed by atoms with Crippen LogP contribution < -0.4 is 4.48 Å². The predicted octanol–water partition coefficient (Wildman–Crippen LogP) is 3.80. The summed E-state index contributed by atoms with van der Waals surface area (Å²) < 4.78 is 6.18. The van der Waals surface area contributed by atoms with E-state index < -0.39 is 0 Å². The third-order valence-corrected chi connectivity index (χ3v) is 3.91. The van der Waals surface area contributed by atoms with Crippen LogP contribution in [0.25, 0.3) is 16.7 Å². The van der Waals surface area contributed by atoms with E-state index in [1.807, 2.05) is 6.07 Å². The fraction of sp³-hybridized carbons (Fsp3) is 0.118. The van der Waals surface area contributed by atoms with Crippen LogP contribution in [0, 0.1) is 0 Å². The molecule has 98 valence electrons. The van der Waals surface area contributed by atoms with Crippen molar-refractivity contribution in [2.24, 2.45) is 0 Å². The number of benzene rings is 2. The number of para-hydroxylation sites is 1. The molecule has 0 unspecified atom stereocenters. The summed E-state index contributed by atoms with van der Waals surface area (Å²) in [4.78, 5) is 4.17. The lowest BCUT2D eigenvalue weighted by Gasteiger charge is -2.20. The highest BCUT2D eigenvalue weighted by molar-refractivity contribution is 5.92. The van der Waals surface area contributed by atoms with Crippen molar-refractivity contribution in [3.8, 4) is 0 Å². The van der Waals surface area contributed by atoms with Gasteiger partial charge in [-0.3, -0.25) is 4.48 Å². The third-order valence-electron chi connectivity index (χ3n) is 3.91. The molecule has 3 aromatic rings. The lowest BCUT2D eigenvalue weighted by atomic mass is 9.99. The first-order chi connectivity index (χ1) is 9.65. The average Bonchev–Trinajstić information content (AvgIpc) is 3.01. The zero-order valence-corrected chi connectivity index (χ0v) is 11.5. The highest BCUT2D eigenvalue weighted by Gasteiger charge is 2.31. The number of fused-ring (bicyclic) bond motifs is 2. The summed E-state index contributed by atoms with van der Waals surface area (Å²) in [5, 5.41) is 0. The van der Waals surface area contributed by atoms with Crippen molar-refractivity contribution in [3.05, 3.63) is 66.2 Å². The minimum absolute atomic E-state index is 0.764. The van der Waals surface area contributed by atoms with Crippen molar-refractivity contribution in [2.75, 3.05) is 14.1 Å². The quantitative estimate of drug-likeness (QED) is 0.624. The van der Waals surface area contributed by atoms with Crippen molar-refractivity contribution in [1.29, 1.82) is 0 Å². The number of nitrogens with zero attached hydrogens (tertiary/aromatic N) is 2. The van der Waals surface area contributed by atoms with Gasteiger partial charge >= 0.3 is 0 Å². The van der Waals surface area contributed by atoms with Gasteiger partial charge in [-0.1, -0.05) is 18.2 Å². The Morgan fingerprint density at radius 3 is 2.80 bits per heavy atom. The Labute approximate surface area is 117 Å². The second-order valence-corrected chi connectivity index (χ2v) is 5.63. The van der Waals surface area contributed by atoms with Crippen LogP contribution in [0.5, 0.6) is 0 Å². The summed E-state index contributed by atoms with van der Waals surface area (Å²) in [6.45, 7) is 0. The molecular formula is C17H15N2O+. The van der Waals surface area contributed by atoms with Crippen LogP contribution in [0.15, 0.2) is 59.5 Å². The summed E-state index contributed by atoms with van der Waals surface area (Å²) in [7, 11) is 4.39. The Hall–Kier alpha value is -2.39. The summed E-state index contributed by atoms with van der Waals surface area (Å²) in [6, 6.07) is 14.7. The third kappa shape index (κ3) is 1.53. The smallest absolute Gasteiger partial charge is 0.181 e. The van der Waals surface area contributed by atoms with Crippen LogP contribution in [0.2, 0.25) is 0 Å². The Balaban J connectivity index is 1.94. The maximum Gasteiger partial charge on any atom is 0.181 e. The molecule has 3 nitrogen and oxygen atoms in total. The van der Waals surface area contributed by atoms with Crippen LogP contribution in [0.1, 0.15) is 11.1 Å². The summed E-state index contributed by atoms with van der Waals surface area (Å²) in [6.07, 6.45) is 3.77. The monoisotopic (exact) mass is 263 g/mol. The summed E-state index contributed by atoms with van der Waals surface area (Å²) in [5.41, 5.74) is 6.76. The molecule has 1 aliphatic heterocycles. The molecule has 0 bridgehead atoms. The van der Waals surface area contributed by atoms with Crippen LogP contribution in [-0.2, 0) is 0 Å². The van der Waals surface area contributed by atoms with Gasteiger partial charge in [-0.2, -0.15) is 0 Å². The van der Waals surface area contributed by atoms with E-state index in [0.717, 1.165) is 15.6 Å². The fourth-order valence-electron chi connectivity index (χ4n) is 2.92. The van der Waals surface area contributed by atoms with E-state index in [0.29, 0.717) is 0 Å². The molecule has 0 atom stereocenters. The van der Waals surface area contributed by atoms with E-state index in [-0.39, 0.29) is 0 Å². The van der Waals surface area contributed by atoms with Crippen LogP contribution >= 0.6 is 0 Å². The van der Waals surface area contributed by atoms with E-state index >= 15 is 0 Å². The Kier molecular flexibility index (Phi) is 2.18. The Bertz CT molecular complexity index is 843. The largest absolute Gasteiger partial charge is 0.443 e. The second kappa shape index (κ2) is 3.81. The van der Waals surface area contributed by atoms with E-state index in [1.54, 1.807) is 0 Å². The van der Waals surface area contributed by atoms with E-state index in [9.17, 15) is 0 Å². The van der Waals surface area contributed by atoms with E-state index in [1.165, 1.54) is 28.8 Å². The average molecular weight is 263 g/mol. The minimum atomic E-state index is 0.764. The number of rotatable bonds is 1. The Morgan fingerprint density at radius 1 is 1.05 bits per heavy atom. The molecule has 0 amide bonds. The minimum Gasteiger partial charge on any atom is -0.443 e. The van der Waals surface area contributed by atoms with Gasteiger partial charge in [0.15, 0.2) is 12.0 Å². The van der Waals surface area contributed by atoms with Gasteiger partial charge in [0.2, 0.25) is 0 Å². The lowest BCUT2D eigenvalue weighted by Crippen LogP contribution is -2.31. The van der Waals surface area contributed by atoms with Crippen molar-refractivity contribution < 1.29 is 4.42 Å². The van der Waals surface area contributed by atoms with Gasteiger partial charge in [-0.25, -0.2) is 4.98 Å². The van der Waals surface area contributed by atoms with Gasteiger partial charge in [0.25, 0.3) is 0 Å². The molecule has 4 rings (SSSR count). The van der Waals surface area contributed by atoms with Crippen molar-refractivity contribution in [1.82, 2.24) is 9.47 Å². The molecule has 1 aromatic heterocycles. The van der Waals surface area contributed by atoms with Crippen LogP contribution in [-0.4, -0.2) is 19.1 Å². The number of oxazole rings is 1. The maximum atomic E-state index is 5.41. The van der Waals surface area contributed by atoms with Crippen LogP contribution in [0.4, 0.5) is 5.69 Å².